The van der Waals surface area contributed by atoms with E-state index in [1.807, 2.05) is 38.1 Å². The molecule has 2 atom stereocenters. The average molecular weight is 327 g/mol. The number of carboxylic acid groups (broad SMARTS) is 1. The van der Waals surface area contributed by atoms with Gasteiger partial charge in [-0.25, -0.2) is 0 Å². The topological polar surface area (TPSA) is 69.6 Å². The van der Waals surface area contributed by atoms with E-state index in [4.69, 9.17) is 5.11 Å². The molecule has 1 aromatic carbocycles. The van der Waals surface area contributed by atoms with Gasteiger partial charge in [-0.1, -0.05) is 31.5 Å². The number of nitrogens with one attached hydrogen (secondary N) is 1. The second-order valence-electron chi connectivity index (χ2n) is 5.51. The van der Waals surface area contributed by atoms with E-state index >= 15 is 0 Å². The molecule has 0 spiro atoms. The van der Waals surface area contributed by atoms with Crippen LogP contribution in [-0.2, 0) is 16.0 Å². The number of rotatable bonds is 6. The van der Waals surface area contributed by atoms with Crippen LogP contribution in [0.3, 0.4) is 0 Å². The van der Waals surface area contributed by atoms with Crippen LogP contribution in [0.2, 0.25) is 0 Å². The van der Waals surface area contributed by atoms with Crippen LogP contribution in [0.5, 0.6) is 0 Å². The Bertz CT molecular complexity index is 536. The maximum Gasteiger partial charge on any atom is 0.320 e. The minimum Gasteiger partial charge on any atom is -0.480 e. The molecule has 0 aliphatic carbocycles. The van der Waals surface area contributed by atoms with Crippen molar-refractivity contribution in [1.82, 2.24) is 5.32 Å². The molecule has 22 heavy (non-hydrogen) atoms. The standard InChI is InChI=1S/C16H22N2O3.ClH/c1-3-6-13(16(20)21)17-10-15(19)18-11(2)9-12-7-4-5-8-14(12)18;/h4-5,7-8,11,13,17H,3,6,9-10H2,1-2H3,(H,20,21);1H. The fourth-order valence-electron chi connectivity index (χ4n) is 2.84. The number of carbonyl (C=O) groups excluding carboxylic acids is 1. The minimum absolute atomic E-state index is 0. The maximum atomic E-state index is 12.4. The Hall–Kier alpha value is -1.59. The zero-order chi connectivity index (χ0) is 15.4. The Morgan fingerprint density at radius 2 is 2.09 bits per heavy atom. The number of hydrogen-bond donors (Lipinski definition) is 2. The molecular formula is C16H23ClN2O3. The van der Waals surface area contributed by atoms with Crippen LogP contribution in [0.4, 0.5) is 5.69 Å². The van der Waals surface area contributed by atoms with E-state index in [9.17, 15) is 9.59 Å². The molecule has 0 bridgehead atoms. The van der Waals surface area contributed by atoms with Crippen molar-refractivity contribution in [2.75, 3.05) is 11.4 Å². The summed E-state index contributed by atoms with van der Waals surface area (Å²) >= 11 is 0. The Kier molecular flexibility index (Phi) is 6.84. The van der Waals surface area contributed by atoms with Crippen LogP contribution in [-0.4, -0.2) is 35.6 Å². The van der Waals surface area contributed by atoms with E-state index in [2.05, 4.69) is 5.32 Å². The highest BCUT2D eigenvalue weighted by atomic mass is 35.5. The highest BCUT2D eigenvalue weighted by molar-refractivity contribution is 5.97. The molecule has 1 aliphatic heterocycles. The van der Waals surface area contributed by atoms with Gasteiger partial charge >= 0.3 is 5.97 Å². The number of hydrogen-bond acceptors (Lipinski definition) is 3. The highest BCUT2D eigenvalue weighted by Gasteiger charge is 2.30. The smallest absolute Gasteiger partial charge is 0.320 e. The first-order valence-electron chi connectivity index (χ1n) is 7.40. The van der Waals surface area contributed by atoms with Gasteiger partial charge in [0.25, 0.3) is 0 Å². The van der Waals surface area contributed by atoms with Crippen LogP contribution >= 0.6 is 12.4 Å². The normalized spacial score (nSPS) is 17.5. The molecule has 2 unspecified atom stereocenters. The number of para-hydroxylation sites is 1. The van der Waals surface area contributed by atoms with E-state index in [0.717, 1.165) is 18.5 Å². The van der Waals surface area contributed by atoms with Crippen molar-refractivity contribution in [2.45, 2.75) is 45.2 Å². The van der Waals surface area contributed by atoms with E-state index in [1.54, 1.807) is 4.90 Å². The van der Waals surface area contributed by atoms with E-state index in [0.29, 0.717) is 6.42 Å². The fraction of sp³-hybridized carbons (Fsp3) is 0.500. The average Bonchev–Trinajstić information content (AvgIpc) is 2.78. The molecule has 1 aliphatic rings. The van der Waals surface area contributed by atoms with E-state index in [1.165, 1.54) is 5.56 Å². The van der Waals surface area contributed by atoms with Crippen LogP contribution in [0.1, 0.15) is 32.3 Å². The van der Waals surface area contributed by atoms with E-state index in [-0.39, 0.29) is 30.9 Å². The Balaban J connectivity index is 0.00000242. The molecule has 1 heterocycles. The zero-order valence-corrected chi connectivity index (χ0v) is 13.7. The second-order valence-corrected chi connectivity index (χ2v) is 5.51. The summed E-state index contributed by atoms with van der Waals surface area (Å²) in [7, 11) is 0. The second kappa shape index (κ2) is 8.15. The molecule has 0 fully saturated rings. The van der Waals surface area contributed by atoms with Gasteiger partial charge in [0, 0.05) is 11.7 Å². The minimum atomic E-state index is -0.903. The van der Waals surface area contributed by atoms with Gasteiger partial charge in [-0.3, -0.25) is 14.9 Å². The number of carboxylic acids is 1. The van der Waals surface area contributed by atoms with Crippen molar-refractivity contribution in [1.29, 1.82) is 0 Å². The van der Waals surface area contributed by atoms with Crippen molar-refractivity contribution >= 4 is 30.0 Å². The highest BCUT2D eigenvalue weighted by Crippen LogP contribution is 2.31. The summed E-state index contributed by atoms with van der Waals surface area (Å²) in [6.45, 7) is 3.99. The fourth-order valence-corrected chi connectivity index (χ4v) is 2.84. The lowest BCUT2D eigenvalue weighted by Crippen LogP contribution is -2.46. The van der Waals surface area contributed by atoms with Gasteiger partial charge < -0.3 is 10.0 Å². The Morgan fingerprint density at radius 3 is 2.73 bits per heavy atom. The van der Waals surface area contributed by atoms with Gasteiger partial charge in [-0.15, -0.1) is 12.4 Å². The van der Waals surface area contributed by atoms with Crippen LogP contribution < -0.4 is 10.2 Å². The molecule has 0 aromatic heterocycles. The molecule has 0 radical (unpaired) electrons. The lowest BCUT2D eigenvalue weighted by Gasteiger charge is -2.24. The third kappa shape index (κ3) is 3.99. The van der Waals surface area contributed by atoms with Crippen molar-refractivity contribution in [3.63, 3.8) is 0 Å². The third-order valence-electron chi connectivity index (χ3n) is 3.85. The van der Waals surface area contributed by atoms with Gasteiger partial charge in [-0.05, 0) is 31.4 Å². The van der Waals surface area contributed by atoms with Crippen molar-refractivity contribution < 1.29 is 14.7 Å². The predicted molar refractivity (Wildman–Crippen MR) is 88.7 cm³/mol. The number of amides is 1. The van der Waals surface area contributed by atoms with Crippen molar-refractivity contribution in [3.8, 4) is 0 Å². The quantitative estimate of drug-likeness (QED) is 0.841. The summed E-state index contributed by atoms with van der Waals surface area (Å²) in [6.07, 6.45) is 2.13. The molecule has 2 rings (SSSR count). The summed E-state index contributed by atoms with van der Waals surface area (Å²) in [6, 6.07) is 7.32. The summed E-state index contributed by atoms with van der Waals surface area (Å²) in [5.41, 5.74) is 2.11. The van der Waals surface area contributed by atoms with Gasteiger partial charge in [0.2, 0.25) is 5.91 Å². The largest absolute Gasteiger partial charge is 0.480 e. The van der Waals surface area contributed by atoms with Gasteiger partial charge in [0.1, 0.15) is 6.04 Å². The number of fused-ring (bicyclic) bond motifs is 1. The number of benzene rings is 1. The van der Waals surface area contributed by atoms with Crippen molar-refractivity contribution in [3.05, 3.63) is 29.8 Å². The number of carbonyl (C=O) groups is 2. The predicted octanol–water partition coefficient (Wildman–Crippen LogP) is 2.23. The van der Waals surface area contributed by atoms with Crippen LogP contribution in [0, 0.1) is 0 Å². The van der Waals surface area contributed by atoms with Crippen LogP contribution in [0.25, 0.3) is 0 Å². The SMILES string of the molecule is CCCC(NCC(=O)N1c2ccccc2CC1C)C(=O)O.Cl. The first-order valence-corrected chi connectivity index (χ1v) is 7.40. The third-order valence-corrected chi connectivity index (χ3v) is 3.85. The number of nitrogens with zero attached hydrogens (tertiary/aromatic N) is 1. The Morgan fingerprint density at radius 1 is 1.41 bits per heavy atom. The summed E-state index contributed by atoms with van der Waals surface area (Å²) < 4.78 is 0. The van der Waals surface area contributed by atoms with Crippen molar-refractivity contribution in [2.24, 2.45) is 0 Å². The monoisotopic (exact) mass is 326 g/mol. The lowest BCUT2D eigenvalue weighted by atomic mass is 10.1. The molecule has 2 N–H and O–H groups in total. The molecule has 1 aromatic rings. The number of halogens is 1. The van der Waals surface area contributed by atoms with Gasteiger partial charge in [0.15, 0.2) is 0 Å². The summed E-state index contributed by atoms with van der Waals surface area (Å²) in [5.74, 6) is -0.977. The Labute approximate surface area is 137 Å². The first kappa shape index (κ1) is 18.5. The molecule has 5 nitrogen and oxygen atoms in total. The molecule has 0 saturated carbocycles. The molecular weight excluding hydrogens is 304 g/mol. The lowest BCUT2D eigenvalue weighted by molar-refractivity contribution is -0.139. The van der Waals surface area contributed by atoms with Gasteiger partial charge in [-0.2, -0.15) is 0 Å². The molecule has 6 heteroatoms. The molecule has 122 valence electrons. The molecule has 1 amide bonds. The summed E-state index contributed by atoms with van der Waals surface area (Å²) in [4.78, 5) is 25.3. The van der Waals surface area contributed by atoms with Crippen LogP contribution in [0.15, 0.2) is 24.3 Å². The van der Waals surface area contributed by atoms with Gasteiger partial charge in [0.05, 0.1) is 6.54 Å². The number of aliphatic carboxylic acids is 1. The zero-order valence-electron chi connectivity index (χ0n) is 12.9. The maximum absolute atomic E-state index is 12.4. The number of anilines is 1. The molecule has 0 saturated heterocycles. The summed E-state index contributed by atoms with van der Waals surface area (Å²) in [5, 5.41) is 12.0. The van der Waals surface area contributed by atoms with E-state index < -0.39 is 12.0 Å². The first-order chi connectivity index (χ1) is 10.0.